The highest BCUT2D eigenvalue weighted by atomic mass is 35.5. The number of rotatable bonds is 7. The van der Waals surface area contributed by atoms with Crippen molar-refractivity contribution < 1.29 is 4.74 Å². The van der Waals surface area contributed by atoms with Gasteiger partial charge in [-0.15, -0.1) is 11.6 Å². The van der Waals surface area contributed by atoms with Gasteiger partial charge in [0, 0.05) is 32.1 Å². The van der Waals surface area contributed by atoms with E-state index in [2.05, 4.69) is 16.9 Å². The molecule has 94 valence electrons. The lowest BCUT2D eigenvalue weighted by Crippen LogP contribution is -2.23. The van der Waals surface area contributed by atoms with Crippen LogP contribution in [-0.2, 0) is 10.6 Å². The van der Waals surface area contributed by atoms with Gasteiger partial charge in [-0.25, -0.2) is 0 Å². The maximum atomic E-state index is 5.77. The van der Waals surface area contributed by atoms with Crippen molar-refractivity contribution in [2.75, 3.05) is 31.7 Å². The van der Waals surface area contributed by atoms with E-state index in [1.807, 2.05) is 12.1 Å². The standard InChI is InChI=1S/C13H19ClN2O/c1-16(6-7-17-10-11-2-3-11)13-4-5-15-12(8-13)9-14/h4-5,8,11H,2-3,6-7,9-10H2,1H3. The molecule has 3 nitrogen and oxygen atoms in total. The van der Waals surface area contributed by atoms with Crippen molar-refractivity contribution in [3.05, 3.63) is 24.0 Å². The third-order valence-electron chi connectivity index (χ3n) is 3.00. The largest absolute Gasteiger partial charge is 0.379 e. The van der Waals surface area contributed by atoms with Gasteiger partial charge >= 0.3 is 0 Å². The Balaban J connectivity index is 1.74. The molecular weight excluding hydrogens is 236 g/mol. The van der Waals surface area contributed by atoms with Gasteiger partial charge in [0.15, 0.2) is 0 Å². The van der Waals surface area contributed by atoms with Crippen molar-refractivity contribution >= 4 is 17.3 Å². The lowest BCUT2D eigenvalue weighted by atomic mass is 10.3. The SMILES string of the molecule is CN(CCOCC1CC1)c1ccnc(CCl)c1. The Hall–Kier alpha value is -0.800. The van der Waals surface area contributed by atoms with E-state index in [9.17, 15) is 0 Å². The number of halogens is 1. The van der Waals surface area contributed by atoms with Gasteiger partial charge in [0.1, 0.15) is 0 Å². The van der Waals surface area contributed by atoms with Crippen molar-refractivity contribution in [2.45, 2.75) is 18.7 Å². The Morgan fingerprint density at radius 3 is 3.06 bits per heavy atom. The van der Waals surface area contributed by atoms with Crippen LogP contribution in [0.15, 0.2) is 18.3 Å². The molecule has 2 rings (SSSR count). The number of aromatic nitrogens is 1. The topological polar surface area (TPSA) is 25.4 Å². The van der Waals surface area contributed by atoms with Gasteiger partial charge in [-0.05, 0) is 30.9 Å². The van der Waals surface area contributed by atoms with Crippen LogP contribution < -0.4 is 4.90 Å². The summed E-state index contributed by atoms with van der Waals surface area (Å²) in [7, 11) is 2.06. The summed E-state index contributed by atoms with van der Waals surface area (Å²) in [6.45, 7) is 2.61. The van der Waals surface area contributed by atoms with E-state index >= 15 is 0 Å². The molecule has 1 saturated carbocycles. The zero-order valence-corrected chi connectivity index (χ0v) is 11.0. The first-order chi connectivity index (χ1) is 8.29. The fourth-order valence-corrected chi connectivity index (χ4v) is 1.79. The van der Waals surface area contributed by atoms with Crippen LogP contribution in [0.3, 0.4) is 0 Å². The second-order valence-electron chi connectivity index (χ2n) is 4.58. The van der Waals surface area contributed by atoms with E-state index < -0.39 is 0 Å². The maximum Gasteiger partial charge on any atom is 0.0648 e. The van der Waals surface area contributed by atoms with Crippen LogP contribution in [0.1, 0.15) is 18.5 Å². The number of likely N-dealkylation sites (N-methyl/N-ethyl adjacent to an activating group) is 1. The zero-order chi connectivity index (χ0) is 12.1. The van der Waals surface area contributed by atoms with E-state index in [0.29, 0.717) is 5.88 Å². The Kier molecular flexibility index (Phi) is 4.63. The molecule has 1 aromatic heterocycles. The van der Waals surface area contributed by atoms with Crippen molar-refractivity contribution in [1.82, 2.24) is 4.98 Å². The summed E-state index contributed by atoms with van der Waals surface area (Å²) in [5.74, 6) is 1.30. The van der Waals surface area contributed by atoms with E-state index in [1.54, 1.807) is 6.20 Å². The van der Waals surface area contributed by atoms with Crippen molar-refractivity contribution in [1.29, 1.82) is 0 Å². The second-order valence-corrected chi connectivity index (χ2v) is 4.85. The summed E-state index contributed by atoms with van der Waals surface area (Å²) in [5.41, 5.74) is 2.06. The average molecular weight is 255 g/mol. The summed E-state index contributed by atoms with van der Waals surface area (Å²) >= 11 is 5.77. The highest BCUT2D eigenvalue weighted by Gasteiger charge is 2.20. The Labute approximate surface area is 108 Å². The van der Waals surface area contributed by atoms with Gasteiger partial charge in [0.25, 0.3) is 0 Å². The molecule has 1 aromatic rings. The molecule has 0 N–H and O–H groups in total. The highest BCUT2D eigenvalue weighted by Crippen LogP contribution is 2.28. The molecule has 0 aliphatic heterocycles. The molecule has 1 heterocycles. The number of pyridine rings is 1. The molecule has 1 fully saturated rings. The third kappa shape index (κ3) is 4.17. The second kappa shape index (κ2) is 6.22. The smallest absolute Gasteiger partial charge is 0.0648 e. The van der Waals surface area contributed by atoms with Crippen molar-refractivity contribution in [2.24, 2.45) is 5.92 Å². The molecule has 0 atom stereocenters. The van der Waals surface area contributed by atoms with Crippen molar-refractivity contribution in [3.8, 4) is 0 Å². The fourth-order valence-electron chi connectivity index (χ4n) is 1.64. The van der Waals surface area contributed by atoms with Gasteiger partial charge in [-0.1, -0.05) is 0 Å². The molecular formula is C13H19ClN2O. The molecule has 0 spiro atoms. The van der Waals surface area contributed by atoms with Gasteiger partial charge in [-0.3, -0.25) is 4.98 Å². The minimum Gasteiger partial charge on any atom is -0.379 e. The van der Waals surface area contributed by atoms with E-state index in [-0.39, 0.29) is 0 Å². The molecule has 0 radical (unpaired) electrons. The van der Waals surface area contributed by atoms with Gasteiger partial charge < -0.3 is 9.64 Å². The number of hydrogen-bond acceptors (Lipinski definition) is 3. The van der Waals surface area contributed by atoms with Crippen LogP contribution in [0.25, 0.3) is 0 Å². The minimum atomic E-state index is 0.458. The monoisotopic (exact) mass is 254 g/mol. The lowest BCUT2D eigenvalue weighted by molar-refractivity contribution is 0.131. The van der Waals surface area contributed by atoms with Crippen LogP contribution >= 0.6 is 11.6 Å². The van der Waals surface area contributed by atoms with E-state index in [1.165, 1.54) is 12.8 Å². The van der Waals surface area contributed by atoms with E-state index in [4.69, 9.17) is 16.3 Å². The minimum absolute atomic E-state index is 0.458. The third-order valence-corrected chi connectivity index (χ3v) is 3.27. The quantitative estimate of drug-likeness (QED) is 0.553. The number of anilines is 1. The fraction of sp³-hybridized carbons (Fsp3) is 0.615. The van der Waals surface area contributed by atoms with Gasteiger partial charge in [-0.2, -0.15) is 0 Å². The summed E-state index contributed by atoms with van der Waals surface area (Å²) in [4.78, 5) is 6.35. The molecule has 0 bridgehead atoms. The first-order valence-electron chi connectivity index (χ1n) is 6.09. The number of hydrogen-bond donors (Lipinski definition) is 0. The molecule has 0 amide bonds. The predicted molar refractivity (Wildman–Crippen MR) is 70.6 cm³/mol. The van der Waals surface area contributed by atoms with Crippen molar-refractivity contribution in [3.63, 3.8) is 0 Å². The first kappa shape index (κ1) is 12.7. The van der Waals surface area contributed by atoms with Gasteiger partial charge in [0.2, 0.25) is 0 Å². The number of ether oxygens (including phenoxy) is 1. The lowest BCUT2D eigenvalue weighted by Gasteiger charge is -2.19. The highest BCUT2D eigenvalue weighted by molar-refractivity contribution is 6.16. The summed E-state index contributed by atoms with van der Waals surface area (Å²) < 4.78 is 5.62. The van der Waals surface area contributed by atoms with Crippen LogP contribution in [0.2, 0.25) is 0 Å². The molecule has 0 unspecified atom stereocenters. The van der Waals surface area contributed by atoms with Crippen LogP contribution in [0, 0.1) is 5.92 Å². The predicted octanol–water partition coefficient (Wildman–Crippen LogP) is 2.68. The number of alkyl halides is 1. The summed E-state index contributed by atoms with van der Waals surface area (Å²) in [5, 5.41) is 0. The zero-order valence-electron chi connectivity index (χ0n) is 10.2. The Morgan fingerprint density at radius 2 is 2.35 bits per heavy atom. The first-order valence-corrected chi connectivity index (χ1v) is 6.63. The Bertz CT molecular complexity index is 355. The van der Waals surface area contributed by atoms with Crippen LogP contribution in [0.4, 0.5) is 5.69 Å². The molecule has 1 aliphatic carbocycles. The summed E-state index contributed by atoms with van der Waals surface area (Å²) in [6.07, 6.45) is 4.49. The molecule has 4 heteroatoms. The van der Waals surface area contributed by atoms with Gasteiger partial charge in [0.05, 0.1) is 18.2 Å². The molecule has 0 saturated heterocycles. The summed E-state index contributed by atoms with van der Waals surface area (Å²) in [6, 6.07) is 4.02. The average Bonchev–Trinajstić information content (AvgIpc) is 3.18. The maximum absolute atomic E-state index is 5.77. The molecule has 0 aromatic carbocycles. The van der Waals surface area contributed by atoms with Crippen LogP contribution in [-0.4, -0.2) is 31.8 Å². The van der Waals surface area contributed by atoms with Crippen LogP contribution in [0.5, 0.6) is 0 Å². The number of nitrogens with zero attached hydrogens (tertiary/aromatic N) is 2. The normalized spacial score (nSPS) is 14.9. The molecule has 17 heavy (non-hydrogen) atoms. The molecule has 1 aliphatic rings. The Morgan fingerprint density at radius 1 is 1.53 bits per heavy atom. The van der Waals surface area contributed by atoms with E-state index in [0.717, 1.165) is 37.1 Å².